The van der Waals surface area contributed by atoms with Crippen molar-refractivity contribution in [1.29, 1.82) is 0 Å². The molecule has 1 aromatic carbocycles. The predicted octanol–water partition coefficient (Wildman–Crippen LogP) is 0.587. The Hall–Kier alpha value is -2.70. The fourth-order valence-electron chi connectivity index (χ4n) is 1.34. The molecule has 0 aliphatic rings. The first-order valence-corrected chi connectivity index (χ1v) is 6.45. The van der Waals surface area contributed by atoms with Crippen molar-refractivity contribution < 1.29 is 23.5 Å². The molecule has 0 unspecified atom stereocenters. The first kappa shape index (κ1) is 17.4. The molecule has 0 aliphatic heterocycles. The highest BCUT2D eigenvalue weighted by Crippen LogP contribution is 2.05. The second-order valence-corrected chi connectivity index (χ2v) is 4.56. The first-order chi connectivity index (χ1) is 10.4. The molecule has 0 heterocycles. The van der Waals surface area contributed by atoms with Crippen molar-refractivity contribution in [2.45, 2.75) is 0 Å². The normalized spacial score (nSPS) is 10.3. The Bertz CT molecular complexity index is 585. The molecule has 0 radical (unpaired) electrons. The van der Waals surface area contributed by atoms with Gasteiger partial charge >= 0.3 is 5.97 Å². The first-order valence-electron chi connectivity index (χ1n) is 6.45. The number of ether oxygens (including phenoxy) is 1. The van der Waals surface area contributed by atoms with Crippen molar-refractivity contribution in [2.24, 2.45) is 0 Å². The Labute approximate surface area is 127 Å². The molecular weight excluding hydrogens is 291 g/mol. The topological polar surface area (TPSA) is 75.7 Å². The third kappa shape index (κ3) is 6.65. The monoisotopic (exact) mass is 308 g/mol. The molecule has 0 saturated heterocycles. The molecule has 0 fully saturated rings. The lowest BCUT2D eigenvalue weighted by atomic mass is 10.2. The quantitative estimate of drug-likeness (QED) is 0.616. The Morgan fingerprint density at radius 1 is 1.32 bits per heavy atom. The van der Waals surface area contributed by atoms with E-state index in [-0.39, 0.29) is 12.5 Å². The van der Waals surface area contributed by atoms with Crippen molar-refractivity contribution in [3.05, 3.63) is 41.7 Å². The van der Waals surface area contributed by atoms with Crippen molar-refractivity contribution in [1.82, 2.24) is 10.2 Å². The molecule has 118 valence electrons. The van der Waals surface area contributed by atoms with E-state index in [9.17, 15) is 18.8 Å². The molecule has 0 saturated carbocycles. The minimum absolute atomic E-state index is 0.164. The summed E-state index contributed by atoms with van der Waals surface area (Å²) in [6, 6.07) is 5.67. The highest BCUT2D eigenvalue weighted by atomic mass is 19.1. The maximum Gasteiger partial charge on any atom is 0.331 e. The maximum absolute atomic E-state index is 12.9. The zero-order valence-corrected chi connectivity index (χ0v) is 12.3. The molecule has 0 atom stereocenters. The largest absolute Gasteiger partial charge is 0.452 e. The highest BCUT2D eigenvalue weighted by molar-refractivity contribution is 5.90. The number of rotatable bonds is 6. The van der Waals surface area contributed by atoms with Gasteiger partial charge in [0, 0.05) is 20.2 Å². The molecule has 0 spiro atoms. The van der Waals surface area contributed by atoms with Crippen LogP contribution in [0.4, 0.5) is 4.39 Å². The molecule has 6 nitrogen and oxygen atoms in total. The average Bonchev–Trinajstić information content (AvgIpc) is 2.48. The van der Waals surface area contributed by atoms with Gasteiger partial charge < -0.3 is 15.0 Å². The summed E-state index contributed by atoms with van der Waals surface area (Å²) in [7, 11) is 3.12. The SMILES string of the molecule is CN(C)C(=O)CNC(=O)COC(=O)/C=C/c1cccc(F)c1. The van der Waals surface area contributed by atoms with Gasteiger partial charge in [-0.3, -0.25) is 9.59 Å². The van der Waals surface area contributed by atoms with Crippen LogP contribution < -0.4 is 5.32 Å². The smallest absolute Gasteiger partial charge is 0.331 e. The third-order valence-corrected chi connectivity index (χ3v) is 2.54. The van der Waals surface area contributed by atoms with E-state index in [1.165, 1.54) is 29.2 Å². The van der Waals surface area contributed by atoms with Gasteiger partial charge in [-0.1, -0.05) is 12.1 Å². The van der Waals surface area contributed by atoms with Gasteiger partial charge in [0.05, 0.1) is 6.54 Å². The number of esters is 1. The van der Waals surface area contributed by atoms with Crippen LogP contribution in [0.2, 0.25) is 0 Å². The Morgan fingerprint density at radius 3 is 2.68 bits per heavy atom. The van der Waals surface area contributed by atoms with Crippen LogP contribution in [-0.2, 0) is 19.1 Å². The van der Waals surface area contributed by atoms with Gasteiger partial charge in [0.2, 0.25) is 5.91 Å². The Balaban J connectivity index is 2.33. The predicted molar refractivity (Wildman–Crippen MR) is 78.1 cm³/mol. The molecule has 2 amide bonds. The van der Waals surface area contributed by atoms with Gasteiger partial charge in [-0.2, -0.15) is 0 Å². The summed E-state index contributed by atoms with van der Waals surface area (Å²) in [6.45, 7) is -0.657. The lowest BCUT2D eigenvalue weighted by molar-refractivity contribution is -0.144. The minimum Gasteiger partial charge on any atom is -0.452 e. The fourth-order valence-corrected chi connectivity index (χ4v) is 1.34. The van der Waals surface area contributed by atoms with Gasteiger partial charge in [-0.25, -0.2) is 9.18 Å². The van der Waals surface area contributed by atoms with E-state index in [4.69, 9.17) is 4.74 Å². The van der Waals surface area contributed by atoms with E-state index in [0.29, 0.717) is 5.56 Å². The molecule has 22 heavy (non-hydrogen) atoms. The average molecular weight is 308 g/mol. The van der Waals surface area contributed by atoms with E-state index in [0.717, 1.165) is 6.08 Å². The zero-order valence-electron chi connectivity index (χ0n) is 12.3. The van der Waals surface area contributed by atoms with Gasteiger partial charge in [0.1, 0.15) is 5.82 Å². The molecule has 1 rings (SSSR count). The number of likely N-dealkylation sites (N-methyl/N-ethyl adjacent to an activating group) is 1. The summed E-state index contributed by atoms with van der Waals surface area (Å²) in [5.74, 6) is -2.01. The van der Waals surface area contributed by atoms with Crippen LogP contribution in [0.15, 0.2) is 30.3 Å². The van der Waals surface area contributed by atoms with Crippen LogP contribution in [-0.4, -0.2) is 49.9 Å². The number of halogens is 1. The number of carbonyl (C=O) groups is 3. The van der Waals surface area contributed by atoms with Crippen LogP contribution in [0.3, 0.4) is 0 Å². The van der Waals surface area contributed by atoms with Gasteiger partial charge in [0.25, 0.3) is 5.91 Å². The number of nitrogens with zero attached hydrogens (tertiary/aromatic N) is 1. The van der Waals surface area contributed by atoms with Crippen molar-refractivity contribution >= 4 is 23.9 Å². The number of nitrogens with one attached hydrogen (secondary N) is 1. The van der Waals surface area contributed by atoms with Crippen LogP contribution in [0.1, 0.15) is 5.56 Å². The minimum atomic E-state index is -0.738. The van der Waals surface area contributed by atoms with E-state index in [1.807, 2.05) is 0 Å². The van der Waals surface area contributed by atoms with Crippen molar-refractivity contribution in [2.75, 3.05) is 27.2 Å². The lowest BCUT2D eigenvalue weighted by Gasteiger charge is -2.10. The van der Waals surface area contributed by atoms with Gasteiger partial charge in [0.15, 0.2) is 6.61 Å². The molecular formula is C15H17FN2O4. The Kier molecular flexibility index (Phi) is 6.75. The third-order valence-electron chi connectivity index (χ3n) is 2.54. The van der Waals surface area contributed by atoms with E-state index < -0.39 is 24.3 Å². The van der Waals surface area contributed by atoms with E-state index in [2.05, 4.69) is 5.32 Å². The summed E-state index contributed by atoms with van der Waals surface area (Å²) < 4.78 is 17.6. The number of hydrogen-bond acceptors (Lipinski definition) is 4. The van der Waals surface area contributed by atoms with Crippen LogP contribution in [0, 0.1) is 5.82 Å². The molecule has 1 N–H and O–H groups in total. The van der Waals surface area contributed by atoms with Crippen LogP contribution in [0.25, 0.3) is 6.08 Å². The van der Waals surface area contributed by atoms with Gasteiger partial charge in [-0.15, -0.1) is 0 Å². The molecule has 0 aliphatic carbocycles. The summed E-state index contributed by atoms with van der Waals surface area (Å²) in [4.78, 5) is 35.3. The van der Waals surface area contributed by atoms with Crippen LogP contribution in [0.5, 0.6) is 0 Å². The fraction of sp³-hybridized carbons (Fsp3) is 0.267. The number of benzene rings is 1. The van der Waals surface area contributed by atoms with E-state index >= 15 is 0 Å². The summed E-state index contributed by atoms with van der Waals surface area (Å²) in [5, 5.41) is 2.32. The lowest BCUT2D eigenvalue weighted by Crippen LogP contribution is -2.38. The van der Waals surface area contributed by atoms with Crippen molar-refractivity contribution in [3.63, 3.8) is 0 Å². The van der Waals surface area contributed by atoms with Crippen molar-refractivity contribution in [3.8, 4) is 0 Å². The standard InChI is InChI=1S/C15H17FN2O4/c1-18(2)14(20)9-17-13(19)10-22-15(21)7-6-11-4-3-5-12(16)8-11/h3-8H,9-10H2,1-2H3,(H,17,19)/b7-6+. The van der Waals surface area contributed by atoms with Crippen LogP contribution >= 0.6 is 0 Å². The van der Waals surface area contributed by atoms with E-state index in [1.54, 1.807) is 20.2 Å². The number of carbonyl (C=O) groups excluding carboxylic acids is 3. The molecule has 1 aromatic rings. The zero-order chi connectivity index (χ0) is 16.5. The molecule has 0 aromatic heterocycles. The summed E-state index contributed by atoms with van der Waals surface area (Å²) in [6.07, 6.45) is 2.46. The maximum atomic E-state index is 12.9. The second kappa shape index (κ2) is 8.56. The highest BCUT2D eigenvalue weighted by Gasteiger charge is 2.08. The molecule has 7 heteroatoms. The Morgan fingerprint density at radius 2 is 2.05 bits per heavy atom. The summed E-state index contributed by atoms with van der Waals surface area (Å²) >= 11 is 0. The van der Waals surface area contributed by atoms with Gasteiger partial charge in [-0.05, 0) is 23.8 Å². The number of hydrogen-bond donors (Lipinski definition) is 1. The number of amides is 2. The second-order valence-electron chi connectivity index (χ2n) is 4.56. The summed E-state index contributed by atoms with van der Waals surface area (Å²) in [5.41, 5.74) is 0.498. The molecule has 0 bridgehead atoms.